The number of aromatic nitrogens is 5. The lowest BCUT2D eigenvalue weighted by atomic mass is 9.97. The van der Waals surface area contributed by atoms with Crippen LogP contribution in [0.1, 0.15) is 36.6 Å². The van der Waals surface area contributed by atoms with Crippen molar-refractivity contribution in [3.8, 4) is 0 Å². The van der Waals surface area contributed by atoms with Gasteiger partial charge in [0.05, 0.1) is 6.04 Å². The normalized spacial score (nSPS) is 19.0. The van der Waals surface area contributed by atoms with Gasteiger partial charge >= 0.3 is 0 Å². The van der Waals surface area contributed by atoms with Crippen molar-refractivity contribution < 1.29 is 0 Å². The predicted octanol–water partition coefficient (Wildman–Crippen LogP) is 3.33. The number of aromatic amines is 1. The first-order valence-corrected chi connectivity index (χ1v) is 8.85. The second-order valence-corrected chi connectivity index (χ2v) is 6.72. The van der Waals surface area contributed by atoms with E-state index < -0.39 is 0 Å². The van der Waals surface area contributed by atoms with Gasteiger partial charge in [0.15, 0.2) is 0 Å². The van der Waals surface area contributed by atoms with Gasteiger partial charge in [-0.15, -0.1) is 5.10 Å². The molecule has 1 aliphatic heterocycles. The van der Waals surface area contributed by atoms with Crippen LogP contribution < -0.4 is 0 Å². The minimum Gasteiger partial charge on any atom is -0.346 e. The Morgan fingerprint density at radius 2 is 2.04 bits per heavy atom. The van der Waals surface area contributed by atoms with Gasteiger partial charge in [-0.05, 0) is 31.0 Å². The van der Waals surface area contributed by atoms with E-state index in [1.807, 2.05) is 6.20 Å². The minimum atomic E-state index is 0.298. The summed E-state index contributed by atoms with van der Waals surface area (Å²) in [5.74, 6) is 0. The molecule has 0 spiro atoms. The van der Waals surface area contributed by atoms with Crippen molar-refractivity contribution in [1.82, 2.24) is 29.7 Å². The van der Waals surface area contributed by atoms with E-state index in [1.165, 1.54) is 18.4 Å². The van der Waals surface area contributed by atoms with Crippen LogP contribution in [-0.2, 0) is 6.54 Å². The minimum absolute atomic E-state index is 0.298. The highest BCUT2D eigenvalue weighted by Crippen LogP contribution is 2.34. The van der Waals surface area contributed by atoms with Gasteiger partial charge in [-0.1, -0.05) is 42.0 Å². The Labute approximate surface area is 145 Å². The molecule has 25 heavy (non-hydrogen) atoms. The number of nitrogens with zero attached hydrogens (tertiary/aromatic N) is 5. The lowest BCUT2D eigenvalue weighted by Crippen LogP contribution is -2.33. The van der Waals surface area contributed by atoms with Gasteiger partial charge in [-0.25, -0.2) is 9.50 Å². The van der Waals surface area contributed by atoms with Crippen LogP contribution in [0.5, 0.6) is 0 Å². The molecule has 0 saturated carbocycles. The van der Waals surface area contributed by atoms with E-state index in [4.69, 9.17) is 0 Å². The highest BCUT2D eigenvalue weighted by atomic mass is 15.4. The molecule has 0 radical (unpaired) electrons. The molecule has 1 atom stereocenters. The molecule has 1 N–H and O–H groups in total. The van der Waals surface area contributed by atoms with Crippen molar-refractivity contribution in [2.45, 2.75) is 31.8 Å². The molecule has 1 saturated heterocycles. The van der Waals surface area contributed by atoms with Crippen molar-refractivity contribution in [2.24, 2.45) is 0 Å². The summed E-state index contributed by atoms with van der Waals surface area (Å²) < 4.78 is 1.81. The van der Waals surface area contributed by atoms with Gasteiger partial charge in [0.2, 0.25) is 0 Å². The second-order valence-electron chi connectivity index (χ2n) is 6.72. The molecule has 1 fully saturated rings. The standard InChI is InChI=1S/C19H20N6/c1-2-6-14(7-3-1)12-24-11-5-4-8-16(24)17-18-15-9-10-20-19(15)21-13-25(18)23-22-17/h1-3,6-7,9-10,13,16,20H,4-5,8,11-12H2. The summed E-state index contributed by atoms with van der Waals surface area (Å²) in [6.45, 7) is 2.05. The van der Waals surface area contributed by atoms with Gasteiger partial charge in [0.25, 0.3) is 0 Å². The number of likely N-dealkylation sites (tertiary alicyclic amines) is 1. The molecule has 0 amide bonds. The Balaban J connectivity index is 1.58. The lowest BCUT2D eigenvalue weighted by molar-refractivity contribution is 0.138. The first-order chi connectivity index (χ1) is 12.4. The van der Waals surface area contributed by atoms with Crippen LogP contribution in [0.15, 0.2) is 48.9 Å². The van der Waals surface area contributed by atoms with E-state index in [0.717, 1.165) is 41.8 Å². The second kappa shape index (κ2) is 5.97. The number of rotatable bonds is 3. The smallest absolute Gasteiger partial charge is 0.141 e. The van der Waals surface area contributed by atoms with Crippen molar-refractivity contribution in [3.05, 3.63) is 60.2 Å². The Morgan fingerprint density at radius 3 is 2.96 bits per heavy atom. The number of benzene rings is 1. The van der Waals surface area contributed by atoms with E-state index in [2.05, 4.69) is 61.6 Å². The van der Waals surface area contributed by atoms with E-state index in [0.29, 0.717) is 6.04 Å². The average molecular weight is 332 g/mol. The molecule has 5 rings (SSSR count). The Morgan fingerprint density at radius 1 is 1.12 bits per heavy atom. The lowest BCUT2D eigenvalue weighted by Gasteiger charge is -2.34. The van der Waals surface area contributed by atoms with Gasteiger partial charge in [-0.2, -0.15) is 0 Å². The maximum Gasteiger partial charge on any atom is 0.141 e. The highest BCUT2D eigenvalue weighted by molar-refractivity contribution is 5.92. The summed E-state index contributed by atoms with van der Waals surface area (Å²) in [7, 11) is 0. The molecule has 1 aromatic carbocycles. The number of nitrogens with one attached hydrogen (secondary N) is 1. The number of fused-ring (bicyclic) bond motifs is 3. The number of piperidine rings is 1. The van der Waals surface area contributed by atoms with Crippen molar-refractivity contribution in [2.75, 3.05) is 6.54 Å². The maximum atomic E-state index is 4.56. The van der Waals surface area contributed by atoms with E-state index in [-0.39, 0.29) is 0 Å². The van der Waals surface area contributed by atoms with Crippen molar-refractivity contribution >= 4 is 16.6 Å². The molecule has 6 nitrogen and oxygen atoms in total. The molecular formula is C19H20N6. The fraction of sp³-hybridized carbons (Fsp3) is 0.316. The number of hydrogen-bond acceptors (Lipinski definition) is 4. The van der Waals surface area contributed by atoms with Gasteiger partial charge in [-0.3, -0.25) is 4.90 Å². The molecule has 6 heteroatoms. The highest BCUT2D eigenvalue weighted by Gasteiger charge is 2.29. The maximum absolute atomic E-state index is 4.56. The van der Waals surface area contributed by atoms with Crippen LogP contribution in [0.25, 0.3) is 16.6 Å². The first kappa shape index (κ1) is 14.6. The van der Waals surface area contributed by atoms with E-state index in [1.54, 1.807) is 10.8 Å². The van der Waals surface area contributed by atoms with E-state index >= 15 is 0 Å². The summed E-state index contributed by atoms with van der Waals surface area (Å²) >= 11 is 0. The quantitative estimate of drug-likeness (QED) is 0.625. The molecule has 4 aromatic rings. The molecule has 3 aromatic heterocycles. The zero-order valence-electron chi connectivity index (χ0n) is 14.0. The van der Waals surface area contributed by atoms with Gasteiger partial charge in [0.1, 0.15) is 23.2 Å². The third-order valence-corrected chi connectivity index (χ3v) is 5.15. The van der Waals surface area contributed by atoms with Crippen LogP contribution in [-0.4, -0.2) is 36.2 Å². The molecular weight excluding hydrogens is 312 g/mol. The largest absolute Gasteiger partial charge is 0.346 e. The van der Waals surface area contributed by atoms with Gasteiger partial charge in [0, 0.05) is 18.1 Å². The van der Waals surface area contributed by atoms with Crippen LogP contribution in [0.2, 0.25) is 0 Å². The number of H-pyrrole nitrogens is 1. The van der Waals surface area contributed by atoms with Crippen LogP contribution in [0.3, 0.4) is 0 Å². The van der Waals surface area contributed by atoms with Crippen LogP contribution in [0.4, 0.5) is 0 Å². The zero-order valence-corrected chi connectivity index (χ0v) is 14.0. The third kappa shape index (κ3) is 2.49. The SMILES string of the molecule is c1ccc(CN2CCCCC2c2nnn3cnc4[nH]ccc4c23)cc1. The van der Waals surface area contributed by atoms with Crippen LogP contribution in [0, 0.1) is 0 Å². The fourth-order valence-corrected chi connectivity index (χ4v) is 3.95. The summed E-state index contributed by atoms with van der Waals surface area (Å²) in [6, 6.07) is 13.0. The summed E-state index contributed by atoms with van der Waals surface area (Å²) in [4.78, 5) is 10.1. The van der Waals surface area contributed by atoms with Crippen LogP contribution >= 0.6 is 0 Å². The number of hydrogen-bond donors (Lipinski definition) is 1. The van der Waals surface area contributed by atoms with Crippen molar-refractivity contribution in [3.63, 3.8) is 0 Å². The summed E-state index contributed by atoms with van der Waals surface area (Å²) in [5, 5.41) is 9.98. The molecule has 0 aliphatic carbocycles. The topological polar surface area (TPSA) is 62.1 Å². The monoisotopic (exact) mass is 332 g/mol. The zero-order chi connectivity index (χ0) is 16.6. The third-order valence-electron chi connectivity index (χ3n) is 5.15. The molecule has 4 heterocycles. The molecule has 1 aliphatic rings. The predicted molar refractivity (Wildman–Crippen MR) is 96.1 cm³/mol. The molecule has 126 valence electrons. The summed E-state index contributed by atoms with van der Waals surface area (Å²) in [6.07, 6.45) is 7.27. The summed E-state index contributed by atoms with van der Waals surface area (Å²) in [5.41, 5.74) is 4.39. The Hall–Kier alpha value is -2.73. The first-order valence-electron chi connectivity index (χ1n) is 8.85. The molecule has 0 bridgehead atoms. The molecule has 1 unspecified atom stereocenters. The van der Waals surface area contributed by atoms with Gasteiger partial charge < -0.3 is 4.98 Å². The average Bonchev–Trinajstić information content (AvgIpc) is 3.29. The Bertz CT molecular complexity index is 1000. The Kier molecular flexibility index (Phi) is 3.48. The fourth-order valence-electron chi connectivity index (χ4n) is 3.95. The van der Waals surface area contributed by atoms with Crippen molar-refractivity contribution in [1.29, 1.82) is 0 Å². The van der Waals surface area contributed by atoms with E-state index in [9.17, 15) is 0 Å².